The van der Waals surface area contributed by atoms with Gasteiger partial charge in [-0.1, -0.05) is 31.0 Å². The van der Waals surface area contributed by atoms with Crippen molar-refractivity contribution >= 4 is 11.6 Å². The second kappa shape index (κ2) is 8.61. The molecule has 5 heteroatoms. The number of amides is 1. The summed E-state index contributed by atoms with van der Waals surface area (Å²) in [5.74, 6) is 0.317. The Morgan fingerprint density at radius 1 is 0.889 bits per heavy atom. The average Bonchev–Trinajstić information content (AvgIpc) is 3.28. The summed E-state index contributed by atoms with van der Waals surface area (Å²) in [6, 6.07) is 11.4. The van der Waals surface area contributed by atoms with Gasteiger partial charge in [0.1, 0.15) is 0 Å². The van der Waals surface area contributed by atoms with Gasteiger partial charge >= 0.3 is 0 Å². The summed E-state index contributed by atoms with van der Waals surface area (Å²) in [5.41, 5.74) is 1.26. The van der Waals surface area contributed by atoms with E-state index in [1.165, 1.54) is 31.4 Å². The smallest absolute Gasteiger partial charge is 0.239 e. The van der Waals surface area contributed by atoms with Crippen molar-refractivity contribution in [3.05, 3.63) is 30.3 Å². The Morgan fingerprint density at radius 3 is 2.15 bits per heavy atom. The molecule has 1 amide bonds. The number of rotatable bonds is 4. The lowest BCUT2D eigenvalue weighted by atomic mass is 10.1. The molecular formula is C22H34N4O. The number of carbonyl (C=O) groups excluding carboxylic acids is 1. The minimum Gasteiger partial charge on any atom is -0.368 e. The first-order valence-corrected chi connectivity index (χ1v) is 10.8. The Balaban J connectivity index is 1.25. The minimum absolute atomic E-state index is 0.0130. The van der Waals surface area contributed by atoms with E-state index >= 15 is 0 Å². The van der Waals surface area contributed by atoms with Crippen LogP contribution in [0.3, 0.4) is 0 Å². The molecule has 148 valence electrons. The van der Waals surface area contributed by atoms with Gasteiger partial charge in [-0.2, -0.15) is 0 Å². The van der Waals surface area contributed by atoms with Crippen molar-refractivity contribution in [3.63, 3.8) is 0 Å². The number of carbonyl (C=O) groups is 1. The molecule has 1 saturated carbocycles. The zero-order chi connectivity index (χ0) is 18.6. The molecule has 4 rings (SSSR count). The third-order valence-electron chi connectivity index (χ3n) is 6.81. The van der Waals surface area contributed by atoms with Crippen molar-refractivity contribution < 1.29 is 4.79 Å². The fourth-order valence-electron chi connectivity index (χ4n) is 5.00. The molecule has 0 N–H and O–H groups in total. The molecule has 2 saturated heterocycles. The lowest BCUT2D eigenvalue weighted by Crippen LogP contribution is -2.58. The molecule has 1 aliphatic carbocycles. The first-order chi connectivity index (χ1) is 13.2. The van der Waals surface area contributed by atoms with Crippen LogP contribution in [0.1, 0.15) is 32.6 Å². The van der Waals surface area contributed by atoms with Gasteiger partial charge in [-0.05, 0) is 31.9 Å². The Morgan fingerprint density at radius 2 is 1.52 bits per heavy atom. The standard InChI is InChI=1S/C22H34N4O/c1-19(23-11-13-24(14-12-23)21-9-5-6-10-21)22(27)26-17-15-25(16-18-26)20-7-3-2-4-8-20/h2-4,7-8,19,21H,5-6,9-18H2,1H3. The maximum atomic E-state index is 13.0. The van der Waals surface area contributed by atoms with E-state index in [0.717, 1.165) is 58.4 Å². The Hall–Kier alpha value is -1.59. The van der Waals surface area contributed by atoms with E-state index in [0.29, 0.717) is 5.91 Å². The van der Waals surface area contributed by atoms with Gasteiger partial charge in [0.15, 0.2) is 0 Å². The van der Waals surface area contributed by atoms with Crippen molar-refractivity contribution in [2.45, 2.75) is 44.7 Å². The molecule has 1 aromatic rings. The van der Waals surface area contributed by atoms with Crippen molar-refractivity contribution in [3.8, 4) is 0 Å². The average molecular weight is 371 g/mol. The van der Waals surface area contributed by atoms with Crippen LogP contribution >= 0.6 is 0 Å². The van der Waals surface area contributed by atoms with Gasteiger partial charge in [0.2, 0.25) is 5.91 Å². The maximum Gasteiger partial charge on any atom is 0.239 e. The number of piperazine rings is 2. The number of nitrogens with zero attached hydrogens (tertiary/aromatic N) is 4. The summed E-state index contributed by atoms with van der Waals surface area (Å²) in [7, 11) is 0. The van der Waals surface area contributed by atoms with Crippen LogP contribution in [0.5, 0.6) is 0 Å². The largest absolute Gasteiger partial charge is 0.368 e. The zero-order valence-corrected chi connectivity index (χ0v) is 16.7. The van der Waals surface area contributed by atoms with E-state index in [9.17, 15) is 4.79 Å². The molecule has 2 heterocycles. The summed E-state index contributed by atoms with van der Waals surface area (Å²) in [6.45, 7) is 9.96. The lowest BCUT2D eigenvalue weighted by Gasteiger charge is -2.42. The molecule has 0 radical (unpaired) electrons. The highest BCUT2D eigenvalue weighted by atomic mass is 16.2. The van der Waals surface area contributed by atoms with E-state index < -0.39 is 0 Å². The second-order valence-electron chi connectivity index (χ2n) is 8.33. The van der Waals surface area contributed by atoms with Gasteiger partial charge < -0.3 is 9.80 Å². The van der Waals surface area contributed by atoms with Crippen molar-refractivity contribution in [1.29, 1.82) is 0 Å². The van der Waals surface area contributed by atoms with Crippen LogP contribution in [0.15, 0.2) is 30.3 Å². The van der Waals surface area contributed by atoms with E-state index in [4.69, 9.17) is 0 Å². The number of hydrogen-bond donors (Lipinski definition) is 0. The topological polar surface area (TPSA) is 30.0 Å². The van der Waals surface area contributed by atoms with Crippen molar-refractivity contribution in [2.75, 3.05) is 57.3 Å². The van der Waals surface area contributed by atoms with Crippen LogP contribution in [-0.4, -0.2) is 85.0 Å². The lowest BCUT2D eigenvalue weighted by molar-refractivity contribution is -0.137. The fourth-order valence-corrected chi connectivity index (χ4v) is 5.00. The quantitative estimate of drug-likeness (QED) is 0.813. The molecule has 1 atom stereocenters. The summed E-state index contributed by atoms with van der Waals surface area (Å²) in [5, 5.41) is 0. The van der Waals surface area contributed by atoms with Gasteiger partial charge in [0.05, 0.1) is 6.04 Å². The molecule has 27 heavy (non-hydrogen) atoms. The highest BCUT2D eigenvalue weighted by molar-refractivity contribution is 5.81. The molecule has 3 fully saturated rings. The monoisotopic (exact) mass is 370 g/mol. The van der Waals surface area contributed by atoms with E-state index in [1.807, 2.05) is 0 Å². The summed E-state index contributed by atoms with van der Waals surface area (Å²) in [4.78, 5) is 22.6. The zero-order valence-electron chi connectivity index (χ0n) is 16.7. The minimum atomic E-state index is 0.0130. The van der Waals surface area contributed by atoms with Crippen LogP contribution in [-0.2, 0) is 4.79 Å². The van der Waals surface area contributed by atoms with Crippen LogP contribution in [0.25, 0.3) is 0 Å². The maximum absolute atomic E-state index is 13.0. The predicted molar refractivity (Wildman–Crippen MR) is 110 cm³/mol. The molecule has 0 aromatic heterocycles. The molecule has 0 spiro atoms. The highest BCUT2D eigenvalue weighted by Gasteiger charge is 2.32. The van der Waals surface area contributed by atoms with Gasteiger partial charge in [-0.25, -0.2) is 0 Å². The number of anilines is 1. The van der Waals surface area contributed by atoms with Crippen LogP contribution in [0.2, 0.25) is 0 Å². The molecule has 1 aromatic carbocycles. The fraction of sp³-hybridized carbons (Fsp3) is 0.682. The van der Waals surface area contributed by atoms with Crippen molar-refractivity contribution in [2.24, 2.45) is 0 Å². The third-order valence-corrected chi connectivity index (χ3v) is 6.81. The van der Waals surface area contributed by atoms with Gasteiger partial charge in [-0.15, -0.1) is 0 Å². The van der Waals surface area contributed by atoms with Crippen LogP contribution < -0.4 is 4.90 Å². The summed E-state index contributed by atoms with van der Waals surface area (Å²) < 4.78 is 0. The van der Waals surface area contributed by atoms with E-state index in [-0.39, 0.29) is 6.04 Å². The number of benzene rings is 1. The Kier molecular flexibility index (Phi) is 5.98. The second-order valence-corrected chi connectivity index (χ2v) is 8.33. The molecule has 2 aliphatic heterocycles. The summed E-state index contributed by atoms with van der Waals surface area (Å²) >= 11 is 0. The first kappa shape index (κ1) is 18.8. The van der Waals surface area contributed by atoms with Crippen LogP contribution in [0, 0.1) is 0 Å². The number of hydrogen-bond acceptors (Lipinski definition) is 4. The Bertz CT molecular complexity index is 600. The van der Waals surface area contributed by atoms with Crippen molar-refractivity contribution in [1.82, 2.24) is 14.7 Å². The van der Waals surface area contributed by atoms with E-state index in [2.05, 4.69) is 56.9 Å². The van der Waals surface area contributed by atoms with Gasteiger partial charge in [-0.3, -0.25) is 14.6 Å². The van der Waals surface area contributed by atoms with E-state index in [1.54, 1.807) is 0 Å². The first-order valence-electron chi connectivity index (χ1n) is 10.8. The summed E-state index contributed by atoms with van der Waals surface area (Å²) in [6.07, 6.45) is 5.55. The molecule has 0 bridgehead atoms. The van der Waals surface area contributed by atoms with Gasteiger partial charge in [0, 0.05) is 64.1 Å². The number of para-hydroxylation sites is 1. The predicted octanol–water partition coefficient (Wildman–Crippen LogP) is 2.28. The van der Waals surface area contributed by atoms with Crippen LogP contribution in [0.4, 0.5) is 5.69 Å². The van der Waals surface area contributed by atoms with Gasteiger partial charge in [0.25, 0.3) is 0 Å². The molecule has 5 nitrogen and oxygen atoms in total. The normalized spacial score (nSPS) is 24.3. The molecule has 1 unspecified atom stereocenters. The molecular weight excluding hydrogens is 336 g/mol. The third kappa shape index (κ3) is 4.30. The highest BCUT2D eigenvalue weighted by Crippen LogP contribution is 2.25. The SMILES string of the molecule is CC(C(=O)N1CCN(c2ccccc2)CC1)N1CCN(C2CCCC2)CC1. The Labute approximate surface area is 163 Å². The molecule has 3 aliphatic rings.